The Morgan fingerprint density at radius 1 is 1.00 bits per heavy atom. The van der Waals surface area contributed by atoms with Gasteiger partial charge in [0.2, 0.25) is 11.8 Å². The molecule has 0 aromatic rings. The molecule has 0 heterocycles. The summed E-state index contributed by atoms with van der Waals surface area (Å²) in [5, 5.41) is 40.3. The van der Waals surface area contributed by atoms with Gasteiger partial charge in [0.1, 0.15) is 6.10 Å². The average Bonchev–Trinajstić information content (AvgIpc) is 2.32. The van der Waals surface area contributed by atoms with Crippen molar-refractivity contribution in [1.29, 1.82) is 0 Å². The van der Waals surface area contributed by atoms with Crippen LogP contribution in [0.5, 0.6) is 0 Å². The number of rotatable bonds is 9. The van der Waals surface area contributed by atoms with E-state index in [0.717, 1.165) is 0 Å². The summed E-state index contributed by atoms with van der Waals surface area (Å²) < 4.78 is 0. The van der Waals surface area contributed by atoms with Crippen LogP contribution in [0.4, 0.5) is 0 Å². The van der Waals surface area contributed by atoms with E-state index >= 15 is 0 Å². The van der Waals surface area contributed by atoms with Gasteiger partial charge in [0.15, 0.2) is 0 Å². The maximum Gasteiger partial charge on any atom is 0.249 e. The number of amides is 2. The Morgan fingerprint density at radius 3 is 2.11 bits per heavy atom. The molecule has 0 bridgehead atoms. The van der Waals surface area contributed by atoms with Crippen LogP contribution in [-0.2, 0) is 9.59 Å². The first kappa shape index (κ1) is 16.8. The fourth-order valence-electron chi connectivity index (χ4n) is 1.23. The van der Waals surface area contributed by atoms with Gasteiger partial charge in [-0.2, -0.15) is 0 Å². The summed E-state index contributed by atoms with van der Waals surface area (Å²) in [6.07, 6.45) is -3.12. The van der Waals surface area contributed by atoms with Gasteiger partial charge in [0.25, 0.3) is 0 Å². The zero-order valence-electron chi connectivity index (χ0n) is 10.0. The third-order valence-electron chi connectivity index (χ3n) is 2.06. The van der Waals surface area contributed by atoms with Crippen molar-refractivity contribution in [3.05, 3.63) is 0 Å². The van der Waals surface area contributed by atoms with Gasteiger partial charge in [-0.15, -0.1) is 0 Å². The molecular weight excluding hydrogens is 244 g/mol. The highest BCUT2D eigenvalue weighted by atomic mass is 16.3. The highest BCUT2D eigenvalue weighted by molar-refractivity contribution is 5.80. The monoisotopic (exact) mass is 264 g/mol. The zero-order chi connectivity index (χ0) is 14.0. The molecule has 2 amide bonds. The van der Waals surface area contributed by atoms with Crippen LogP contribution >= 0.6 is 0 Å². The Kier molecular flexibility index (Phi) is 9.11. The Labute approximate surface area is 105 Å². The molecule has 0 rings (SSSR count). The molecule has 0 saturated heterocycles. The summed E-state index contributed by atoms with van der Waals surface area (Å²) in [4.78, 5) is 22.3. The van der Waals surface area contributed by atoms with Gasteiger partial charge in [0, 0.05) is 19.5 Å². The second kappa shape index (κ2) is 9.77. The summed E-state index contributed by atoms with van der Waals surface area (Å²) in [5.41, 5.74) is 0. The highest BCUT2D eigenvalue weighted by Gasteiger charge is 2.20. The minimum atomic E-state index is -1.43. The van der Waals surface area contributed by atoms with Crippen molar-refractivity contribution >= 4 is 11.8 Å². The number of carbonyl (C=O) groups is 2. The van der Waals surface area contributed by atoms with E-state index in [1.165, 1.54) is 0 Å². The number of aliphatic hydroxyl groups is 4. The predicted octanol–water partition coefficient (Wildman–Crippen LogP) is -3.29. The molecule has 0 saturated carbocycles. The molecule has 0 aliphatic carbocycles. The predicted molar refractivity (Wildman–Crippen MR) is 61.4 cm³/mol. The lowest BCUT2D eigenvalue weighted by molar-refractivity contribution is -0.132. The lowest BCUT2D eigenvalue weighted by Crippen LogP contribution is -2.39. The summed E-state index contributed by atoms with van der Waals surface area (Å²) in [6, 6.07) is 0. The van der Waals surface area contributed by atoms with E-state index in [9.17, 15) is 19.8 Å². The van der Waals surface area contributed by atoms with E-state index in [-0.39, 0.29) is 39.1 Å². The number of aliphatic hydroxyl groups excluding tert-OH is 4. The minimum absolute atomic E-state index is 0.0168. The quantitative estimate of drug-likeness (QED) is 0.258. The molecule has 0 aliphatic heterocycles. The number of hydrogen-bond acceptors (Lipinski definition) is 6. The molecular formula is C10H20N2O6. The van der Waals surface area contributed by atoms with Crippen molar-refractivity contribution in [3.63, 3.8) is 0 Å². The van der Waals surface area contributed by atoms with Crippen molar-refractivity contribution in [3.8, 4) is 0 Å². The van der Waals surface area contributed by atoms with Gasteiger partial charge in [-0.1, -0.05) is 0 Å². The Balaban J connectivity index is 3.88. The molecule has 0 unspecified atom stereocenters. The molecule has 0 aromatic heterocycles. The standard InChI is InChI=1S/C10H20N2O6/c13-3-1-11-9(17)6-7(15)5-8(16)10(18)12-2-4-14/h7-8,13-16H,1-6H2,(H,11,17)(H,12,18)/t7-,8-/m0/s1. The van der Waals surface area contributed by atoms with Gasteiger partial charge in [0.05, 0.1) is 25.7 Å². The first-order chi connectivity index (χ1) is 8.51. The molecule has 0 aliphatic rings. The molecule has 106 valence electrons. The van der Waals surface area contributed by atoms with Crippen molar-refractivity contribution in [2.75, 3.05) is 26.3 Å². The number of hydrogen-bond donors (Lipinski definition) is 6. The van der Waals surface area contributed by atoms with E-state index in [0.29, 0.717) is 0 Å². The molecule has 0 spiro atoms. The van der Waals surface area contributed by atoms with E-state index in [2.05, 4.69) is 10.6 Å². The van der Waals surface area contributed by atoms with Crippen molar-refractivity contribution in [1.82, 2.24) is 10.6 Å². The van der Waals surface area contributed by atoms with Crippen LogP contribution in [0.25, 0.3) is 0 Å². The fourth-order valence-corrected chi connectivity index (χ4v) is 1.23. The van der Waals surface area contributed by atoms with Crippen LogP contribution in [0.3, 0.4) is 0 Å². The zero-order valence-corrected chi connectivity index (χ0v) is 10.0. The van der Waals surface area contributed by atoms with Crippen molar-refractivity contribution in [2.24, 2.45) is 0 Å². The van der Waals surface area contributed by atoms with Crippen LogP contribution < -0.4 is 10.6 Å². The van der Waals surface area contributed by atoms with Gasteiger partial charge in [-0.3, -0.25) is 9.59 Å². The molecule has 0 fully saturated rings. The van der Waals surface area contributed by atoms with Crippen molar-refractivity contribution < 1.29 is 30.0 Å². The molecule has 18 heavy (non-hydrogen) atoms. The maximum absolute atomic E-state index is 11.2. The normalized spacial score (nSPS) is 13.8. The van der Waals surface area contributed by atoms with E-state index in [4.69, 9.17) is 10.2 Å². The minimum Gasteiger partial charge on any atom is -0.395 e. The first-order valence-corrected chi connectivity index (χ1v) is 5.63. The summed E-state index contributed by atoms with van der Waals surface area (Å²) in [7, 11) is 0. The average molecular weight is 264 g/mol. The largest absolute Gasteiger partial charge is 0.395 e. The van der Waals surface area contributed by atoms with Crippen LogP contribution in [-0.4, -0.2) is 70.8 Å². The highest BCUT2D eigenvalue weighted by Crippen LogP contribution is 2.03. The molecule has 2 atom stereocenters. The summed E-state index contributed by atoms with van der Waals surface area (Å²) in [6.45, 7) is -0.341. The Bertz CT molecular complexity index is 261. The SMILES string of the molecule is O=C(C[C@@H](O)C[C@H](O)C(=O)NCCO)NCCO. The second-order valence-corrected chi connectivity index (χ2v) is 3.70. The van der Waals surface area contributed by atoms with E-state index in [1.54, 1.807) is 0 Å². The summed E-state index contributed by atoms with van der Waals surface area (Å²) in [5.74, 6) is -1.18. The van der Waals surface area contributed by atoms with Crippen LogP contribution in [0.2, 0.25) is 0 Å². The third kappa shape index (κ3) is 7.96. The summed E-state index contributed by atoms with van der Waals surface area (Å²) >= 11 is 0. The van der Waals surface area contributed by atoms with Gasteiger partial charge < -0.3 is 31.1 Å². The van der Waals surface area contributed by atoms with Gasteiger partial charge in [-0.25, -0.2) is 0 Å². The van der Waals surface area contributed by atoms with Crippen LogP contribution in [0, 0.1) is 0 Å². The number of carbonyl (C=O) groups excluding carboxylic acids is 2. The Morgan fingerprint density at radius 2 is 1.56 bits per heavy atom. The van der Waals surface area contributed by atoms with Crippen molar-refractivity contribution in [2.45, 2.75) is 25.0 Å². The first-order valence-electron chi connectivity index (χ1n) is 5.63. The Hall–Kier alpha value is -1.22. The van der Waals surface area contributed by atoms with E-state index in [1.807, 2.05) is 0 Å². The van der Waals surface area contributed by atoms with Gasteiger partial charge in [-0.05, 0) is 0 Å². The fraction of sp³-hybridized carbons (Fsp3) is 0.800. The lowest BCUT2D eigenvalue weighted by Gasteiger charge is -2.15. The second-order valence-electron chi connectivity index (χ2n) is 3.70. The van der Waals surface area contributed by atoms with Crippen LogP contribution in [0.1, 0.15) is 12.8 Å². The smallest absolute Gasteiger partial charge is 0.249 e. The molecule has 0 radical (unpaired) electrons. The molecule has 6 N–H and O–H groups in total. The molecule has 8 nitrogen and oxygen atoms in total. The molecule has 8 heteroatoms. The molecule has 0 aromatic carbocycles. The lowest BCUT2D eigenvalue weighted by atomic mass is 10.1. The van der Waals surface area contributed by atoms with Gasteiger partial charge >= 0.3 is 0 Å². The van der Waals surface area contributed by atoms with Crippen LogP contribution in [0.15, 0.2) is 0 Å². The van der Waals surface area contributed by atoms with E-state index < -0.39 is 24.0 Å². The third-order valence-corrected chi connectivity index (χ3v) is 2.06. The maximum atomic E-state index is 11.2. The number of nitrogens with one attached hydrogen (secondary N) is 2. The topological polar surface area (TPSA) is 139 Å².